The molecule has 0 aromatic heterocycles. The molecule has 0 aliphatic carbocycles. The molecule has 4 heteroatoms. The van der Waals surface area contributed by atoms with E-state index in [1.165, 1.54) is 12.1 Å². The van der Waals surface area contributed by atoms with Crippen molar-refractivity contribution in [2.75, 3.05) is 44.3 Å². The van der Waals surface area contributed by atoms with E-state index in [4.69, 9.17) is 0 Å². The average Bonchev–Trinajstić information content (AvgIpc) is 2.32. The van der Waals surface area contributed by atoms with E-state index in [1.54, 1.807) is 12.1 Å². The first-order chi connectivity index (χ1) is 7.79. The predicted octanol–water partition coefficient (Wildman–Crippen LogP) is 1.92. The zero-order chi connectivity index (χ0) is 11.4. The van der Waals surface area contributed by atoms with Gasteiger partial charge in [0, 0.05) is 38.4 Å². The Kier molecular flexibility index (Phi) is 3.72. The second-order valence-electron chi connectivity index (χ2n) is 3.99. The highest BCUT2D eigenvalue weighted by molar-refractivity contribution is 5.46. The van der Waals surface area contributed by atoms with Crippen molar-refractivity contribution in [3.63, 3.8) is 0 Å². The molecule has 2 rings (SSSR count). The number of alkyl halides is 1. The van der Waals surface area contributed by atoms with E-state index in [1.807, 2.05) is 0 Å². The third-order valence-corrected chi connectivity index (χ3v) is 2.96. The van der Waals surface area contributed by atoms with Crippen LogP contribution in [0.5, 0.6) is 0 Å². The molecule has 0 bridgehead atoms. The Morgan fingerprint density at radius 2 is 1.62 bits per heavy atom. The van der Waals surface area contributed by atoms with Gasteiger partial charge in [-0.15, -0.1) is 0 Å². The highest BCUT2D eigenvalue weighted by Crippen LogP contribution is 2.16. The van der Waals surface area contributed by atoms with Gasteiger partial charge < -0.3 is 4.90 Å². The smallest absolute Gasteiger partial charge is 0.123 e. The van der Waals surface area contributed by atoms with Crippen LogP contribution in [0.3, 0.4) is 0 Å². The molecule has 0 N–H and O–H groups in total. The second kappa shape index (κ2) is 5.25. The van der Waals surface area contributed by atoms with Crippen molar-refractivity contribution in [3.8, 4) is 0 Å². The number of halogens is 2. The summed E-state index contributed by atoms with van der Waals surface area (Å²) in [4.78, 5) is 4.31. The average molecular weight is 226 g/mol. The summed E-state index contributed by atoms with van der Waals surface area (Å²) in [5, 5.41) is 0. The van der Waals surface area contributed by atoms with Crippen LogP contribution in [-0.4, -0.2) is 44.3 Å². The second-order valence-corrected chi connectivity index (χ2v) is 3.99. The van der Waals surface area contributed by atoms with E-state index in [0.717, 1.165) is 31.9 Å². The van der Waals surface area contributed by atoms with Gasteiger partial charge in [-0.05, 0) is 24.3 Å². The third-order valence-electron chi connectivity index (χ3n) is 2.96. The minimum absolute atomic E-state index is 0.209. The van der Waals surface area contributed by atoms with Crippen LogP contribution in [0.25, 0.3) is 0 Å². The number of piperazine rings is 1. The van der Waals surface area contributed by atoms with Gasteiger partial charge in [0.15, 0.2) is 0 Å². The SMILES string of the molecule is FCCN1CCN(c2ccc(F)cc2)CC1. The van der Waals surface area contributed by atoms with Crippen LogP contribution in [0.4, 0.5) is 14.5 Å². The highest BCUT2D eigenvalue weighted by atomic mass is 19.1. The molecule has 1 aromatic rings. The molecule has 0 atom stereocenters. The van der Waals surface area contributed by atoms with E-state index in [0.29, 0.717) is 6.54 Å². The predicted molar refractivity (Wildman–Crippen MR) is 61.0 cm³/mol. The van der Waals surface area contributed by atoms with Crippen molar-refractivity contribution in [1.29, 1.82) is 0 Å². The number of nitrogens with zero attached hydrogens (tertiary/aromatic N) is 2. The summed E-state index contributed by atoms with van der Waals surface area (Å²) in [6.45, 7) is 3.76. The first-order valence-electron chi connectivity index (χ1n) is 5.58. The largest absolute Gasteiger partial charge is 0.369 e. The Labute approximate surface area is 94.5 Å². The first kappa shape index (κ1) is 11.3. The molecule has 0 amide bonds. The summed E-state index contributed by atoms with van der Waals surface area (Å²) >= 11 is 0. The quantitative estimate of drug-likeness (QED) is 0.777. The van der Waals surface area contributed by atoms with Crippen molar-refractivity contribution < 1.29 is 8.78 Å². The van der Waals surface area contributed by atoms with Crippen molar-refractivity contribution >= 4 is 5.69 Å². The lowest BCUT2D eigenvalue weighted by Crippen LogP contribution is -2.47. The molecule has 0 spiro atoms. The van der Waals surface area contributed by atoms with Crippen LogP contribution in [-0.2, 0) is 0 Å². The van der Waals surface area contributed by atoms with Gasteiger partial charge in [-0.25, -0.2) is 8.78 Å². The van der Waals surface area contributed by atoms with E-state index in [9.17, 15) is 8.78 Å². The fraction of sp³-hybridized carbons (Fsp3) is 0.500. The molecular weight excluding hydrogens is 210 g/mol. The summed E-state index contributed by atoms with van der Waals surface area (Å²) in [6, 6.07) is 6.53. The number of benzene rings is 1. The maximum Gasteiger partial charge on any atom is 0.123 e. The maximum atomic E-state index is 12.7. The van der Waals surface area contributed by atoms with Crippen molar-refractivity contribution in [2.24, 2.45) is 0 Å². The highest BCUT2D eigenvalue weighted by Gasteiger charge is 2.16. The molecule has 16 heavy (non-hydrogen) atoms. The topological polar surface area (TPSA) is 6.48 Å². The van der Waals surface area contributed by atoms with Crippen LogP contribution in [0.1, 0.15) is 0 Å². The van der Waals surface area contributed by atoms with Gasteiger partial charge in [0.1, 0.15) is 12.5 Å². The molecule has 1 aromatic carbocycles. The monoisotopic (exact) mass is 226 g/mol. The number of rotatable bonds is 3. The standard InChI is InChI=1S/C12H16F2N2/c13-5-6-15-7-9-16(10-8-15)12-3-1-11(14)2-4-12/h1-4H,5-10H2. The lowest BCUT2D eigenvalue weighted by Gasteiger charge is -2.35. The molecule has 1 fully saturated rings. The van der Waals surface area contributed by atoms with Crippen molar-refractivity contribution in [3.05, 3.63) is 30.1 Å². The normalized spacial score (nSPS) is 17.8. The number of hydrogen-bond donors (Lipinski definition) is 0. The van der Waals surface area contributed by atoms with Crippen LogP contribution < -0.4 is 4.90 Å². The van der Waals surface area contributed by atoms with Crippen molar-refractivity contribution in [2.45, 2.75) is 0 Å². The molecule has 1 saturated heterocycles. The van der Waals surface area contributed by atoms with Gasteiger partial charge in [-0.1, -0.05) is 0 Å². The van der Waals surface area contributed by atoms with Crippen LogP contribution in [0.15, 0.2) is 24.3 Å². The van der Waals surface area contributed by atoms with E-state index < -0.39 is 0 Å². The number of anilines is 1. The molecule has 88 valence electrons. The molecule has 1 heterocycles. The summed E-state index contributed by atoms with van der Waals surface area (Å²) in [6.07, 6.45) is 0. The molecule has 0 unspecified atom stereocenters. The Balaban J connectivity index is 1.91. The summed E-state index contributed by atoms with van der Waals surface area (Å²) in [5.41, 5.74) is 1.04. The zero-order valence-electron chi connectivity index (χ0n) is 9.20. The molecule has 1 aliphatic rings. The maximum absolute atomic E-state index is 12.7. The Hall–Kier alpha value is -1.16. The van der Waals surface area contributed by atoms with Crippen LogP contribution in [0, 0.1) is 5.82 Å². The van der Waals surface area contributed by atoms with Crippen molar-refractivity contribution in [1.82, 2.24) is 4.90 Å². The van der Waals surface area contributed by atoms with E-state index in [-0.39, 0.29) is 12.5 Å². The van der Waals surface area contributed by atoms with E-state index >= 15 is 0 Å². The van der Waals surface area contributed by atoms with Gasteiger partial charge in [-0.2, -0.15) is 0 Å². The van der Waals surface area contributed by atoms with Gasteiger partial charge in [0.2, 0.25) is 0 Å². The Morgan fingerprint density at radius 3 is 2.19 bits per heavy atom. The third kappa shape index (κ3) is 2.70. The molecule has 0 saturated carbocycles. The van der Waals surface area contributed by atoms with Gasteiger partial charge in [0.25, 0.3) is 0 Å². The van der Waals surface area contributed by atoms with Gasteiger partial charge in [0.05, 0.1) is 0 Å². The summed E-state index contributed by atoms with van der Waals surface area (Å²) < 4.78 is 24.9. The molecular formula is C12H16F2N2. The Bertz CT molecular complexity index is 318. The zero-order valence-corrected chi connectivity index (χ0v) is 9.20. The molecule has 0 radical (unpaired) electrons. The van der Waals surface area contributed by atoms with Crippen LogP contribution in [0.2, 0.25) is 0 Å². The van der Waals surface area contributed by atoms with Gasteiger partial charge >= 0.3 is 0 Å². The Morgan fingerprint density at radius 1 is 1.00 bits per heavy atom. The minimum Gasteiger partial charge on any atom is -0.369 e. The summed E-state index contributed by atoms with van der Waals surface area (Å²) in [7, 11) is 0. The minimum atomic E-state index is -0.281. The summed E-state index contributed by atoms with van der Waals surface area (Å²) in [5.74, 6) is -0.209. The lowest BCUT2D eigenvalue weighted by atomic mass is 10.2. The van der Waals surface area contributed by atoms with E-state index in [2.05, 4.69) is 9.80 Å². The number of hydrogen-bond acceptors (Lipinski definition) is 2. The fourth-order valence-corrected chi connectivity index (χ4v) is 2.00. The fourth-order valence-electron chi connectivity index (χ4n) is 2.00. The molecule has 1 aliphatic heterocycles. The lowest BCUT2D eigenvalue weighted by molar-refractivity contribution is 0.235. The first-order valence-corrected chi connectivity index (χ1v) is 5.58. The molecule has 2 nitrogen and oxygen atoms in total. The van der Waals surface area contributed by atoms with Gasteiger partial charge in [-0.3, -0.25) is 4.90 Å². The van der Waals surface area contributed by atoms with Crippen LogP contribution >= 0.6 is 0 Å².